The standard InChI is InChI=1S/C7H20NSi.C2F6NO4S2/c1-8(2,3)7-9(4,5)6;3-1(4,5)14(10,11)9-15(12,13)2(6,7)8/h7H2,1-6H3;/q+1;-1. The van der Waals surface area contributed by atoms with E-state index in [-0.39, 0.29) is 0 Å². The third-order valence-electron chi connectivity index (χ3n) is 1.73. The molecule has 6 nitrogen and oxygen atoms in total. The first kappa shape index (κ1) is 25.9. The number of nitrogens with zero attached hydrogens (tertiary/aromatic N) is 2. The normalized spacial score (nSPS) is 14.8. The zero-order valence-electron chi connectivity index (χ0n) is 13.8. The molecule has 0 atom stereocenters. The minimum Gasteiger partial charge on any atom is -0.421 e. The van der Waals surface area contributed by atoms with Crippen molar-refractivity contribution in [1.29, 1.82) is 0 Å². The number of sulfonamides is 2. The van der Waals surface area contributed by atoms with Gasteiger partial charge in [0, 0.05) is 0 Å². The van der Waals surface area contributed by atoms with Crippen LogP contribution >= 0.6 is 0 Å². The van der Waals surface area contributed by atoms with Crippen LogP contribution in [-0.2, 0) is 20.0 Å². The quantitative estimate of drug-likeness (QED) is 0.393. The van der Waals surface area contributed by atoms with Gasteiger partial charge < -0.3 is 8.61 Å². The molecule has 24 heavy (non-hydrogen) atoms. The predicted molar refractivity (Wildman–Crippen MR) is 79.6 cm³/mol. The van der Waals surface area contributed by atoms with E-state index >= 15 is 0 Å². The van der Waals surface area contributed by atoms with Gasteiger partial charge in [0.25, 0.3) is 0 Å². The number of quaternary nitrogens is 1. The van der Waals surface area contributed by atoms with Crippen molar-refractivity contribution in [2.45, 2.75) is 30.7 Å². The Labute approximate surface area is 138 Å². The van der Waals surface area contributed by atoms with Crippen molar-refractivity contribution in [3.63, 3.8) is 0 Å². The Kier molecular flexibility index (Phi) is 8.05. The van der Waals surface area contributed by atoms with E-state index < -0.39 is 39.1 Å². The highest BCUT2D eigenvalue weighted by Crippen LogP contribution is 2.36. The van der Waals surface area contributed by atoms with Gasteiger partial charge in [0.2, 0.25) is 0 Å². The molecule has 0 aliphatic heterocycles. The number of alkyl halides is 6. The lowest BCUT2D eigenvalue weighted by Crippen LogP contribution is -2.47. The lowest BCUT2D eigenvalue weighted by Gasteiger charge is -2.30. The number of halogens is 6. The van der Waals surface area contributed by atoms with Crippen molar-refractivity contribution in [2.24, 2.45) is 0 Å². The Hall–Kier alpha value is -0.383. The van der Waals surface area contributed by atoms with Crippen LogP contribution < -0.4 is 0 Å². The summed E-state index contributed by atoms with van der Waals surface area (Å²) in [7, 11) is -7.48. The highest BCUT2D eigenvalue weighted by atomic mass is 32.3. The smallest absolute Gasteiger partial charge is 0.421 e. The summed E-state index contributed by atoms with van der Waals surface area (Å²) < 4.78 is 110. The summed E-state index contributed by atoms with van der Waals surface area (Å²) in [4.78, 5) is 0. The van der Waals surface area contributed by atoms with Gasteiger partial charge in [-0.1, -0.05) is 19.6 Å². The molecule has 0 unspecified atom stereocenters. The molecule has 0 amide bonds. The van der Waals surface area contributed by atoms with E-state index in [4.69, 9.17) is 0 Å². The van der Waals surface area contributed by atoms with E-state index in [9.17, 15) is 43.2 Å². The number of hydrogen-bond acceptors (Lipinski definition) is 4. The maximum absolute atomic E-state index is 11.4. The zero-order chi connectivity index (χ0) is 20.4. The van der Waals surface area contributed by atoms with Crippen molar-refractivity contribution in [3.05, 3.63) is 4.13 Å². The first-order valence-electron chi connectivity index (χ1n) is 6.09. The van der Waals surface area contributed by atoms with Crippen LogP contribution in [0, 0.1) is 0 Å². The van der Waals surface area contributed by atoms with Crippen LogP contribution in [0.25, 0.3) is 4.13 Å². The van der Waals surface area contributed by atoms with E-state index in [0.29, 0.717) is 0 Å². The molecule has 15 heteroatoms. The summed E-state index contributed by atoms with van der Waals surface area (Å²) in [5.74, 6) is 0. The maximum Gasteiger partial charge on any atom is 0.480 e. The monoisotopic (exact) mass is 426 g/mol. The molecule has 148 valence electrons. The average Bonchev–Trinajstić information content (AvgIpc) is 2.05. The molecule has 0 aliphatic rings. The summed E-state index contributed by atoms with van der Waals surface area (Å²) >= 11 is 0. The Balaban J connectivity index is 0. The second kappa shape index (κ2) is 7.47. The second-order valence-electron chi connectivity index (χ2n) is 6.93. The van der Waals surface area contributed by atoms with Gasteiger partial charge in [-0.3, -0.25) is 0 Å². The van der Waals surface area contributed by atoms with Crippen molar-refractivity contribution < 1.29 is 47.7 Å². The molecule has 0 heterocycles. The topological polar surface area (TPSA) is 82.4 Å². The van der Waals surface area contributed by atoms with Crippen LogP contribution in [0.2, 0.25) is 19.6 Å². The molecule has 0 aliphatic carbocycles. The summed E-state index contributed by atoms with van der Waals surface area (Å²) in [5.41, 5.74) is -12.4. The fourth-order valence-electron chi connectivity index (χ4n) is 1.64. The van der Waals surface area contributed by atoms with E-state index in [1.165, 1.54) is 6.17 Å². The third kappa shape index (κ3) is 10.5. The molecule has 0 bridgehead atoms. The van der Waals surface area contributed by atoms with E-state index in [0.717, 1.165) is 8.61 Å². The van der Waals surface area contributed by atoms with Gasteiger partial charge in [-0.25, -0.2) is 16.8 Å². The van der Waals surface area contributed by atoms with Crippen LogP contribution in [0.5, 0.6) is 0 Å². The van der Waals surface area contributed by atoms with Crippen molar-refractivity contribution in [2.75, 3.05) is 27.3 Å². The van der Waals surface area contributed by atoms with Crippen molar-refractivity contribution in [3.8, 4) is 0 Å². The van der Waals surface area contributed by atoms with Crippen LogP contribution in [0.4, 0.5) is 26.3 Å². The Morgan fingerprint density at radius 1 is 0.792 bits per heavy atom. The minimum atomic E-state index is -6.72. The molecule has 0 radical (unpaired) electrons. The fraction of sp³-hybridized carbons (Fsp3) is 1.00. The summed E-state index contributed by atoms with van der Waals surface area (Å²) in [6.45, 7) is 7.24. The Morgan fingerprint density at radius 3 is 1.12 bits per heavy atom. The number of hydrogen-bond donors (Lipinski definition) is 0. The molecule has 0 rings (SSSR count). The van der Waals surface area contributed by atoms with Crippen molar-refractivity contribution >= 4 is 28.1 Å². The van der Waals surface area contributed by atoms with Gasteiger partial charge in [0.15, 0.2) is 20.0 Å². The summed E-state index contributed by atoms with van der Waals surface area (Å²) in [6.07, 6.45) is 1.37. The highest BCUT2D eigenvalue weighted by Gasteiger charge is 2.46. The minimum absolute atomic E-state index is 0.778. The molecule has 0 aromatic heterocycles. The molecular weight excluding hydrogens is 406 g/mol. The second-order valence-corrected chi connectivity index (χ2v) is 15.8. The molecule has 0 fully saturated rings. The molecule has 0 N–H and O–H groups in total. The Morgan fingerprint density at radius 2 is 1.04 bits per heavy atom. The van der Waals surface area contributed by atoms with E-state index in [1.54, 1.807) is 0 Å². The van der Waals surface area contributed by atoms with Gasteiger partial charge in [0.1, 0.15) is 8.07 Å². The van der Waals surface area contributed by atoms with Crippen LogP contribution in [0.15, 0.2) is 0 Å². The molecular formula is C9H20F6N2O4S2Si. The molecule has 0 aromatic rings. The highest BCUT2D eigenvalue weighted by molar-refractivity contribution is 8.13. The van der Waals surface area contributed by atoms with Crippen LogP contribution in [0.1, 0.15) is 0 Å². The van der Waals surface area contributed by atoms with Crippen molar-refractivity contribution in [1.82, 2.24) is 0 Å². The fourth-order valence-corrected chi connectivity index (χ4v) is 6.19. The molecule has 0 saturated carbocycles. The average molecular weight is 426 g/mol. The van der Waals surface area contributed by atoms with Gasteiger partial charge in [0.05, 0.1) is 27.3 Å². The van der Waals surface area contributed by atoms with E-state index in [1.807, 2.05) is 0 Å². The lowest BCUT2D eigenvalue weighted by molar-refractivity contribution is -0.860. The van der Waals surface area contributed by atoms with Gasteiger partial charge in [-0.2, -0.15) is 26.3 Å². The van der Waals surface area contributed by atoms with Crippen LogP contribution in [-0.4, -0.2) is 67.7 Å². The number of rotatable bonds is 4. The Bertz CT molecular complexity index is 560. The first-order valence-corrected chi connectivity index (χ1v) is 12.7. The lowest BCUT2D eigenvalue weighted by atomic mass is 10.8. The zero-order valence-corrected chi connectivity index (χ0v) is 16.5. The molecule has 0 aromatic carbocycles. The predicted octanol–water partition coefficient (Wildman–Crippen LogP) is 2.63. The molecule has 0 saturated heterocycles. The molecule has 0 spiro atoms. The SMILES string of the molecule is C[N+](C)(C)C[Si](C)(C)C.O=S(=O)([N-]S(=O)(=O)C(F)(F)F)C(F)(F)F. The van der Waals surface area contributed by atoms with Gasteiger partial charge in [-0.15, -0.1) is 0 Å². The van der Waals surface area contributed by atoms with Gasteiger partial charge in [-0.05, 0) is 0 Å². The van der Waals surface area contributed by atoms with Crippen LogP contribution in [0.3, 0.4) is 0 Å². The maximum atomic E-state index is 11.4. The first-order chi connectivity index (χ1) is 9.91. The largest absolute Gasteiger partial charge is 0.480 e. The third-order valence-corrected chi connectivity index (χ3v) is 6.37. The summed E-state index contributed by atoms with van der Waals surface area (Å²) in [5, 5.41) is 0. The summed E-state index contributed by atoms with van der Waals surface area (Å²) in [6, 6.07) is 0. The van der Waals surface area contributed by atoms with Gasteiger partial charge >= 0.3 is 11.0 Å². The van der Waals surface area contributed by atoms with E-state index in [2.05, 4.69) is 40.8 Å².